The first kappa shape index (κ1) is 10.2. The molecule has 12 heavy (non-hydrogen) atoms. The second kappa shape index (κ2) is 3.48. The summed E-state index contributed by atoms with van der Waals surface area (Å²) in [6.45, 7) is 1.66. The Bertz CT molecular complexity index is 204. The highest BCUT2D eigenvalue weighted by Gasteiger charge is 2.34. The number of ether oxygens (including phenoxy) is 1. The first-order chi connectivity index (χ1) is 5.38. The molecule has 0 spiro atoms. The molecule has 68 valence electrons. The minimum Gasteiger partial charge on any atom is -0.382 e. The third kappa shape index (κ3) is 2.88. The summed E-state index contributed by atoms with van der Waals surface area (Å²) in [7, 11) is 0.965. The summed E-state index contributed by atoms with van der Waals surface area (Å²) in [6.07, 6.45) is -0.666. The van der Waals surface area contributed by atoms with E-state index >= 15 is 0 Å². The van der Waals surface area contributed by atoms with Crippen LogP contribution in [0, 0.1) is 0 Å². The number of phosphoric acid groups is 1. The molecule has 2 N–H and O–H groups in total. The lowest BCUT2D eigenvalue weighted by Crippen LogP contribution is -2.19. The Labute approximate surface area is 71.7 Å². The highest BCUT2D eigenvalue weighted by molar-refractivity contribution is 7.46. The van der Waals surface area contributed by atoms with E-state index in [9.17, 15) is 4.57 Å². The molecule has 0 aromatic rings. The predicted molar refractivity (Wildman–Crippen MR) is 41.6 cm³/mol. The van der Waals surface area contributed by atoms with E-state index in [1.807, 2.05) is 0 Å². The smallest absolute Gasteiger partial charge is 0.382 e. The van der Waals surface area contributed by atoms with Crippen molar-refractivity contribution in [1.29, 1.82) is 0 Å². The molecule has 1 rings (SSSR count). The predicted octanol–water partition coefficient (Wildman–Crippen LogP) is -0.232. The topological polar surface area (TPSA) is 76.0 Å². The molecule has 7 heteroatoms. The Morgan fingerprint density at radius 1 is 1.67 bits per heavy atom. The Hall–Kier alpha value is 0.135. The van der Waals surface area contributed by atoms with Crippen LogP contribution in [0.4, 0.5) is 0 Å². The first-order valence-electron chi connectivity index (χ1n) is 3.53. The van der Waals surface area contributed by atoms with E-state index in [2.05, 4.69) is 4.52 Å². The van der Waals surface area contributed by atoms with Gasteiger partial charge in [-0.3, -0.25) is 4.52 Å². The monoisotopic (exact) mass is 192 g/mol. The summed E-state index contributed by atoms with van der Waals surface area (Å²) in [4.78, 5) is 16.9. The van der Waals surface area contributed by atoms with Gasteiger partial charge in [-0.2, -0.15) is 0 Å². The van der Waals surface area contributed by atoms with Crippen molar-refractivity contribution in [3.63, 3.8) is 0 Å². The molecule has 1 aliphatic heterocycles. The van der Waals surface area contributed by atoms with Crippen molar-refractivity contribution in [2.24, 2.45) is 0 Å². The molecular formula is C5H10BO5P. The number of hydrogen-bond acceptors (Lipinski definition) is 3. The van der Waals surface area contributed by atoms with Crippen molar-refractivity contribution in [2.45, 2.75) is 31.6 Å². The largest absolute Gasteiger partial charge is 0.469 e. The van der Waals surface area contributed by atoms with Gasteiger partial charge in [0.25, 0.3) is 0 Å². The number of rotatable bonds is 2. The maximum absolute atomic E-state index is 10.4. The van der Waals surface area contributed by atoms with E-state index < -0.39 is 19.9 Å². The zero-order chi connectivity index (χ0) is 9.35. The van der Waals surface area contributed by atoms with E-state index in [0.29, 0.717) is 6.42 Å². The second-order valence-corrected chi connectivity index (χ2v) is 3.94. The summed E-state index contributed by atoms with van der Waals surface area (Å²) in [5.41, 5.74) is 0. The van der Waals surface area contributed by atoms with Gasteiger partial charge < -0.3 is 14.5 Å². The van der Waals surface area contributed by atoms with Gasteiger partial charge in [-0.1, -0.05) is 0 Å². The second-order valence-electron chi connectivity index (χ2n) is 2.75. The Morgan fingerprint density at radius 2 is 2.25 bits per heavy atom. The van der Waals surface area contributed by atoms with Crippen LogP contribution >= 0.6 is 7.82 Å². The summed E-state index contributed by atoms with van der Waals surface area (Å²) in [5.74, 6) is 0. The fourth-order valence-electron chi connectivity index (χ4n) is 1.14. The molecule has 1 fully saturated rings. The van der Waals surface area contributed by atoms with Crippen molar-refractivity contribution >= 4 is 15.7 Å². The van der Waals surface area contributed by atoms with Gasteiger partial charge in [0.15, 0.2) is 0 Å². The van der Waals surface area contributed by atoms with Crippen LogP contribution in [0.3, 0.4) is 0 Å². The van der Waals surface area contributed by atoms with Gasteiger partial charge in [-0.25, -0.2) is 4.57 Å². The van der Waals surface area contributed by atoms with E-state index in [1.165, 1.54) is 0 Å². The fourth-order valence-corrected chi connectivity index (χ4v) is 1.75. The zero-order valence-electron chi connectivity index (χ0n) is 6.58. The van der Waals surface area contributed by atoms with Gasteiger partial charge in [-0.05, 0) is 13.3 Å². The molecule has 3 atom stereocenters. The minimum atomic E-state index is -4.41. The number of phosphoric ester groups is 1. The van der Waals surface area contributed by atoms with Crippen LogP contribution in [0.1, 0.15) is 13.3 Å². The highest BCUT2D eigenvalue weighted by atomic mass is 31.2. The molecular weight excluding hydrogens is 182 g/mol. The molecule has 2 radical (unpaired) electrons. The lowest BCUT2D eigenvalue weighted by atomic mass is 9.96. The molecule has 1 aliphatic rings. The molecule has 0 amide bonds. The van der Waals surface area contributed by atoms with E-state index in [-0.39, 0.29) is 6.10 Å². The third-order valence-corrected chi connectivity index (χ3v) is 2.20. The molecule has 0 aliphatic carbocycles. The molecule has 1 saturated heterocycles. The summed E-state index contributed by atoms with van der Waals surface area (Å²) in [5, 5.41) is 0. The molecule has 1 heterocycles. The van der Waals surface area contributed by atoms with Crippen LogP contribution in [-0.4, -0.2) is 35.8 Å². The molecule has 0 aromatic heterocycles. The fraction of sp³-hybridized carbons (Fsp3) is 1.00. The lowest BCUT2D eigenvalue weighted by Gasteiger charge is -2.14. The van der Waals surface area contributed by atoms with Gasteiger partial charge in [0, 0.05) is 6.00 Å². The van der Waals surface area contributed by atoms with Crippen LogP contribution in [-0.2, 0) is 13.8 Å². The van der Waals surface area contributed by atoms with Crippen LogP contribution in [0.5, 0.6) is 0 Å². The van der Waals surface area contributed by atoms with Crippen LogP contribution in [0.15, 0.2) is 0 Å². The standard InChI is InChI=1S/C5H10BO5P/c1-3-4(2-5(6)10-3)11-12(7,8)9/h3-5H,2H2,1H3,(H2,7,8,9). The summed E-state index contributed by atoms with van der Waals surface area (Å²) < 4.78 is 19.9. The van der Waals surface area contributed by atoms with Crippen molar-refractivity contribution in [1.82, 2.24) is 0 Å². The van der Waals surface area contributed by atoms with Crippen molar-refractivity contribution < 1.29 is 23.6 Å². The molecule has 0 aromatic carbocycles. The van der Waals surface area contributed by atoms with E-state index in [0.717, 1.165) is 0 Å². The average molecular weight is 192 g/mol. The molecule has 3 unspecified atom stereocenters. The minimum absolute atomic E-state index is 0.312. The molecule has 5 nitrogen and oxygen atoms in total. The SMILES string of the molecule is [B]C1CC(OP(=O)(O)O)C(C)O1. The van der Waals surface area contributed by atoms with Crippen molar-refractivity contribution in [3.05, 3.63) is 0 Å². The molecule has 0 bridgehead atoms. The normalized spacial score (nSPS) is 37.1. The van der Waals surface area contributed by atoms with E-state index in [4.69, 9.17) is 22.4 Å². The van der Waals surface area contributed by atoms with E-state index in [1.54, 1.807) is 6.92 Å². The highest BCUT2D eigenvalue weighted by Crippen LogP contribution is 2.41. The Morgan fingerprint density at radius 3 is 2.58 bits per heavy atom. The number of hydrogen-bond donors (Lipinski definition) is 2. The van der Waals surface area contributed by atoms with Gasteiger partial charge >= 0.3 is 7.82 Å². The summed E-state index contributed by atoms with van der Waals surface area (Å²) >= 11 is 0. The quantitative estimate of drug-likeness (QED) is 0.466. The summed E-state index contributed by atoms with van der Waals surface area (Å²) in [6, 6.07) is -0.489. The van der Waals surface area contributed by atoms with Crippen LogP contribution in [0.25, 0.3) is 0 Å². The van der Waals surface area contributed by atoms with Crippen LogP contribution in [0.2, 0.25) is 0 Å². The first-order valence-corrected chi connectivity index (χ1v) is 5.06. The van der Waals surface area contributed by atoms with Crippen molar-refractivity contribution in [3.8, 4) is 0 Å². The Balaban J connectivity index is 2.49. The molecule has 0 saturated carbocycles. The van der Waals surface area contributed by atoms with Gasteiger partial charge in [-0.15, -0.1) is 0 Å². The third-order valence-electron chi connectivity index (χ3n) is 1.65. The van der Waals surface area contributed by atoms with Gasteiger partial charge in [0.2, 0.25) is 0 Å². The van der Waals surface area contributed by atoms with Crippen LogP contribution < -0.4 is 0 Å². The zero-order valence-corrected chi connectivity index (χ0v) is 7.48. The van der Waals surface area contributed by atoms with Gasteiger partial charge in [0.05, 0.1) is 12.2 Å². The Kier molecular flexibility index (Phi) is 2.96. The van der Waals surface area contributed by atoms with Gasteiger partial charge in [0.1, 0.15) is 7.85 Å². The van der Waals surface area contributed by atoms with Crippen molar-refractivity contribution in [2.75, 3.05) is 0 Å². The lowest BCUT2D eigenvalue weighted by molar-refractivity contribution is 0.0418. The maximum atomic E-state index is 10.4. The average Bonchev–Trinajstić information content (AvgIpc) is 2.06. The maximum Gasteiger partial charge on any atom is 0.469 e.